The van der Waals surface area contributed by atoms with Gasteiger partial charge in [0, 0.05) is 33.4 Å². The fraction of sp³-hybridized carbons (Fsp3) is 0.611. The van der Waals surface area contributed by atoms with E-state index < -0.39 is 0 Å². The summed E-state index contributed by atoms with van der Waals surface area (Å²) in [6.07, 6.45) is 5.46. The number of nitrogens with zero attached hydrogens (tertiary/aromatic N) is 1. The molecule has 0 heterocycles. The fourth-order valence-corrected chi connectivity index (χ4v) is 2.33. The molecule has 0 aromatic heterocycles. The Hall–Kier alpha value is -1.62. The number of aryl methyl sites for hydroxylation is 1. The van der Waals surface area contributed by atoms with Crippen LogP contribution in [-0.4, -0.2) is 39.3 Å². The van der Waals surface area contributed by atoms with E-state index in [9.17, 15) is 4.39 Å². The van der Waals surface area contributed by atoms with E-state index in [-0.39, 0.29) is 5.82 Å². The maximum absolute atomic E-state index is 13.1. The molecule has 0 spiro atoms. The van der Waals surface area contributed by atoms with E-state index in [0.717, 1.165) is 63.0 Å². The van der Waals surface area contributed by atoms with Gasteiger partial charge in [-0.15, -0.1) is 0 Å². The molecule has 1 fully saturated rings. The molecule has 0 bridgehead atoms. The highest BCUT2D eigenvalue weighted by Crippen LogP contribution is 2.28. The normalized spacial score (nSPS) is 14.8. The second kappa shape index (κ2) is 10.2. The van der Waals surface area contributed by atoms with Crippen LogP contribution < -0.4 is 10.6 Å². The number of guanidine groups is 1. The molecule has 1 aromatic rings. The molecule has 0 aliphatic heterocycles. The first-order chi connectivity index (χ1) is 11.3. The van der Waals surface area contributed by atoms with E-state index in [0.29, 0.717) is 0 Å². The van der Waals surface area contributed by atoms with Gasteiger partial charge in [0.15, 0.2) is 5.96 Å². The van der Waals surface area contributed by atoms with Crippen molar-refractivity contribution in [3.05, 3.63) is 35.6 Å². The van der Waals surface area contributed by atoms with Gasteiger partial charge in [-0.1, -0.05) is 12.1 Å². The summed E-state index contributed by atoms with van der Waals surface area (Å²) in [4.78, 5) is 4.20. The van der Waals surface area contributed by atoms with Crippen LogP contribution in [0.15, 0.2) is 29.3 Å². The fourth-order valence-electron chi connectivity index (χ4n) is 2.33. The smallest absolute Gasteiger partial charge is 0.190 e. The third kappa shape index (κ3) is 7.98. The van der Waals surface area contributed by atoms with Crippen molar-refractivity contribution in [2.45, 2.75) is 32.1 Å². The first-order valence-electron chi connectivity index (χ1n) is 8.54. The molecule has 0 radical (unpaired) electrons. The number of benzene rings is 1. The maximum atomic E-state index is 13.1. The maximum Gasteiger partial charge on any atom is 0.190 e. The van der Waals surface area contributed by atoms with Gasteiger partial charge in [0.1, 0.15) is 5.82 Å². The van der Waals surface area contributed by atoms with Gasteiger partial charge >= 0.3 is 0 Å². The largest absolute Gasteiger partial charge is 0.381 e. The van der Waals surface area contributed by atoms with Gasteiger partial charge in [0.05, 0.1) is 0 Å². The first kappa shape index (κ1) is 17.7. The molecule has 2 rings (SSSR count). The zero-order valence-corrected chi connectivity index (χ0v) is 14.0. The number of hydrogen-bond acceptors (Lipinski definition) is 2. The van der Waals surface area contributed by atoms with E-state index in [2.05, 4.69) is 15.6 Å². The van der Waals surface area contributed by atoms with Gasteiger partial charge in [0.25, 0.3) is 0 Å². The van der Waals surface area contributed by atoms with Crippen molar-refractivity contribution in [2.24, 2.45) is 10.9 Å². The second-order valence-electron chi connectivity index (χ2n) is 6.03. The SMILES string of the molecule is CN=C(NCCCOCC1CC1)NCCCc1cccc(F)c1. The Labute approximate surface area is 138 Å². The predicted molar refractivity (Wildman–Crippen MR) is 92.2 cm³/mol. The molecule has 23 heavy (non-hydrogen) atoms. The van der Waals surface area contributed by atoms with Gasteiger partial charge < -0.3 is 15.4 Å². The highest BCUT2D eigenvalue weighted by molar-refractivity contribution is 5.79. The van der Waals surface area contributed by atoms with E-state index >= 15 is 0 Å². The van der Waals surface area contributed by atoms with Crippen LogP contribution in [0.5, 0.6) is 0 Å². The van der Waals surface area contributed by atoms with E-state index in [4.69, 9.17) is 4.74 Å². The number of nitrogens with one attached hydrogen (secondary N) is 2. The summed E-state index contributed by atoms with van der Waals surface area (Å²) in [5.74, 6) is 1.47. The average molecular weight is 321 g/mol. The van der Waals surface area contributed by atoms with Crippen LogP contribution in [0, 0.1) is 11.7 Å². The van der Waals surface area contributed by atoms with Crippen LogP contribution in [0.2, 0.25) is 0 Å². The molecule has 4 nitrogen and oxygen atoms in total. The van der Waals surface area contributed by atoms with Crippen LogP contribution in [-0.2, 0) is 11.2 Å². The molecule has 0 atom stereocenters. The predicted octanol–water partition coefficient (Wildman–Crippen LogP) is 2.74. The minimum Gasteiger partial charge on any atom is -0.381 e. The summed E-state index contributed by atoms with van der Waals surface area (Å²) in [6.45, 7) is 3.40. The Morgan fingerprint density at radius 3 is 2.74 bits per heavy atom. The molecule has 0 saturated heterocycles. The third-order valence-electron chi connectivity index (χ3n) is 3.86. The van der Waals surface area contributed by atoms with Crippen LogP contribution >= 0.6 is 0 Å². The van der Waals surface area contributed by atoms with E-state index in [1.54, 1.807) is 19.2 Å². The molecule has 0 unspecified atom stereocenters. The number of hydrogen-bond donors (Lipinski definition) is 2. The van der Waals surface area contributed by atoms with Crippen molar-refractivity contribution >= 4 is 5.96 Å². The van der Waals surface area contributed by atoms with Crippen molar-refractivity contribution in [1.82, 2.24) is 10.6 Å². The van der Waals surface area contributed by atoms with E-state index in [1.807, 2.05) is 6.07 Å². The minimum atomic E-state index is -0.170. The number of ether oxygens (including phenoxy) is 1. The quantitative estimate of drug-likeness (QED) is 0.396. The second-order valence-corrected chi connectivity index (χ2v) is 6.03. The summed E-state index contributed by atoms with van der Waals surface area (Å²) in [6, 6.07) is 6.78. The highest BCUT2D eigenvalue weighted by Gasteiger charge is 2.20. The molecule has 1 aliphatic rings. The molecule has 1 aromatic carbocycles. The molecule has 0 amide bonds. The number of halogens is 1. The van der Waals surface area contributed by atoms with Crippen molar-refractivity contribution in [3.8, 4) is 0 Å². The lowest BCUT2D eigenvalue weighted by Crippen LogP contribution is -2.38. The van der Waals surface area contributed by atoms with Gasteiger partial charge in [0.2, 0.25) is 0 Å². The summed E-state index contributed by atoms with van der Waals surface area (Å²) < 4.78 is 18.7. The lowest BCUT2D eigenvalue weighted by molar-refractivity contribution is 0.123. The Bertz CT molecular complexity index is 489. The van der Waals surface area contributed by atoms with Crippen molar-refractivity contribution < 1.29 is 9.13 Å². The van der Waals surface area contributed by atoms with Gasteiger partial charge in [-0.3, -0.25) is 4.99 Å². The van der Waals surface area contributed by atoms with Crippen molar-refractivity contribution in [2.75, 3.05) is 33.4 Å². The molecule has 1 saturated carbocycles. The van der Waals surface area contributed by atoms with Crippen LogP contribution in [0.25, 0.3) is 0 Å². The zero-order chi connectivity index (χ0) is 16.3. The van der Waals surface area contributed by atoms with E-state index in [1.165, 1.54) is 18.9 Å². The highest BCUT2D eigenvalue weighted by atomic mass is 19.1. The molecule has 2 N–H and O–H groups in total. The summed E-state index contributed by atoms with van der Waals surface area (Å²) >= 11 is 0. The van der Waals surface area contributed by atoms with Gasteiger partial charge in [-0.05, 0) is 55.7 Å². The summed E-state index contributed by atoms with van der Waals surface area (Å²) in [5.41, 5.74) is 1.03. The molecular weight excluding hydrogens is 293 g/mol. The van der Waals surface area contributed by atoms with Crippen molar-refractivity contribution in [3.63, 3.8) is 0 Å². The number of aliphatic imine (C=N–C) groups is 1. The van der Waals surface area contributed by atoms with Crippen LogP contribution in [0.1, 0.15) is 31.2 Å². The minimum absolute atomic E-state index is 0.170. The third-order valence-corrected chi connectivity index (χ3v) is 3.86. The van der Waals surface area contributed by atoms with Gasteiger partial charge in [-0.25, -0.2) is 4.39 Å². The summed E-state index contributed by atoms with van der Waals surface area (Å²) in [7, 11) is 1.77. The molecule has 5 heteroatoms. The average Bonchev–Trinajstić information content (AvgIpc) is 3.37. The Kier molecular flexibility index (Phi) is 7.87. The molecular formula is C18H28FN3O. The lowest BCUT2D eigenvalue weighted by Gasteiger charge is -2.12. The molecule has 128 valence electrons. The Morgan fingerprint density at radius 1 is 1.26 bits per heavy atom. The van der Waals surface area contributed by atoms with Crippen LogP contribution in [0.4, 0.5) is 4.39 Å². The Balaban J connectivity index is 1.48. The first-order valence-corrected chi connectivity index (χ1v) is 8.54. The zero-order valence-electron chi connectivity index (χ0n) is 14.0. The standard InChI is InChI=1S/C18H28FN3O/c1-20-18(22-11-4-12-23-14-16-8-9-16)21-10-3-6-15-5-2-7-17(19)13-15/h2,5,7,13,16H,3-4,6,8-12,14H2,1H3,(H2,20,21,22). The monoisotopic (exact) mass is 321 g/mol. The van der Waals surface area contributed by atoms with Crippen LogP contribution in [0.3, 0.4) is 0 Å². The Morgan fingerprint density at radius 2 is 2.04 bits per heavy atom. The van der Waals surface area contributed by atoms with Crippen molar-refractivity contribution in [1.29, 1.82) is 0 Å². The molecule has 1 aliphatic carbocycles. The topological polar surface area (TPSA) is 45.7 Å². The lowest BCUT2D eigenvalue weighted by atomic mass is 10.1. The number of rotatable bonds is 10. The van der Waals surface area contributed by atoms with Gasteiger partial charge in [-0.2, -0.15) is 0 Å². The summed E-state index contributed by atoms with van der Waals surface area (Å²) in [5, 5.41) is 6.56.